The fraction of sp³-hybridized carbons (Fsp3) is 0.500. The molecule has 0 saturated carbocycles. The van der Waals surface area contributed by atoms with Crippen molar-refractivity contribution in [3.8, 4) is 5.75 Å². The summed E-state index contributed by atoms with van der Waals surface area (Å²) in [6, 6.07) is 6.68. The van der Waals surface area contributed by atoms with E-state index in [1.807, 2.05) is 0 Å². The predicted octanol–water partition coefficient (Wildman–Crippen LogP) is 2.69. The molecule has 1 aliphatic rings. The lowest BCUT2D eigenvalue weighted by molar-refractivity contribution is -0.385. The molecule has 0 aromatic heterocycles. The van der Waals surface area contributed by atoms with Crippen LogP contribution in [0.15, 0.2) is 29.4 Å². The highest BCUT2D eigenvalue weighted by Gasteiger charge is 2.26. The number of hydrogen-bond acceptors (Lipinski definition) is 5. The topological polar surface area (TPSA) is 68.0 Å². The number of nitrogens with zero attached hydrogens (tertiary/aromatic N) is 3. The van der Waals surface area contributed by atoms with E-state index >= 15 is 0 Å². The minimum Gasteiger partial charge on any atom is -0.350 e. The molecule has 0 spiro atoms. The number of piperidine rings is 1. The van der Waals surface area contributed by atoms with Crippen LogP contribution in [0.3, 0.4) is 0 Å². The molecule has 6 nitrogen and oxygen atoms in total. The highest BCUT2D eigenvalue weighted by atomic mass is 16.6. The van der Waals surface area contributed by atoms with Gasteiger partial charge in [0.15, 0.2) is 0 Å². The van der Waals surface area contributed by atoms with Crippen molar-refractivity contribution in [3.05, 3.63) is 34.4 Å². The molecule has 1 aliphatic heterocycles. The fourth-order valence-corrected chi connectivity index (χ4v) is 2.30. The Morgan fingerprint density at radius 3 is 2.80 bits per heavy atom. The fourth-order valence-electron chi connectivity index (χ4n) is 2.30. The zero-order valence-corrected chi connectivity index (χ0v) is 11.9. The molecule has 1 heterocycles. The van der Waals surface area contributed by atoms with E-state index in [1.165, 1.54) is 6.07 Å². The minimum atomic E-state index is -0.462. The predicted molar refractivity (Wildman–Crippen MR) is 77.0 cm³/mol. The molecule has 0 amide bonds. The second kappa shape index (κ2) is 6.00. The van der Waals surface area contributed by atoms with Crippen LogP contribution in [-0.4, -0.2) is 35.2 Å². The van der Waals surface area contributed by atoms with Crippen molar-refractivity contribution in [1.82, 2.24) is 4.90 Å². The van der Waals surface area contributed by atoms with E-state index in [2.05, 4.69) is 31.0 Å². The first kappa shape index (κ1) is 14.5. The van der Waals surface area contributed by atoms with Crippen LogP contribution in [0, 0.1) is 16.0 Å². The van der Waals surface area contributed by atoms with Crippen LogP contribution in [-0.2, 0) is 0 Å². The maximum atomic E-state index is 10.9. The Bertz CT molecular complexity index is 530. The number of rotatable bonds is 3. The summed E-state index contributed by atoms with van der Waals surface area (Å²) in [5.41, 5.74) is 0.888. The lowest BCUT2D eigenvalue weighted by Gasteiger charge is -2.34. The van der Waals surface area contributed by atoms with Crippen LogP contribution in [0.2, 0.25) is 0 Å². The van der Waals surface area contributed by atoms with Gasteiger partial charge in [0.1, 0.15) is 0 Å². The molecule has 2 rings (SSSR count). The highest BCUT2D eigenvalue weighted by molar-refractivity contribution is 5.87. The lowest BCUT2D eigenvalue weighted by atomic mass is 9.93. The standard InChI is InChI=1S/C14H19N3O3/c1-10-9-16(3)11(2)8-12(10)15-20-14-7-5-4-6-13(14)17(18)19/h4-7,10-11H,8-9H2,1-3H3/b15-12-/t10-,11+/m0/s1. The molecule has 0 radical (unpaired) electrons. The first-order valence-corrected chi connectivity index (χ1v) is 6.66. The van der Waals surface area contributed by atoms with Crippen LogP contribution in [0.4, 0.5) is 5.69 Å². The number of hydrogen-bond donors (Lipinski definition) is 0. The van der Waals surface area contributed by atoms with E-state index in [1.54, 1.807) is 18.2 Å². The summed E-state index contributed by atoms with van der Waals surface area (Å²) in [6.45, 7) is 5.14. The second-order valence-corrected chi connectivity index (χ2v) is 5.29. The van der Waals surface area contributed by atoms with E-state index in [0.717, 1.165) is 18.7 Å². The van der Waals surface area contributed by atoms with Gasteiger partial charge in [-0.3, -0.25) is 10.1 Å². The van der Waals surface area contributed by atoms with Gasteiger partial charge in [0, 0.05) is 31.0 Å². The van der Waals surface area contributed by atoms with Gasteiger partial charge in [0.05, 0.1) is 10.6 Å². The van der Waals surface area contributed by atoms with E-state index in [-0.39, 0.29) is 11.4 Å². The van der Waals surface area contributed by atoms with Gasteiger partial charge in [-0.25, -0.2) is 0 Å². The molecule has 0 bridgehead atoms. The summed E-state index contributed by atoms with van der Waals surface area (Å²) in [5.74, 6) is 0.475. The van der Waals surface area contributed by atoms with Crippen molar-refractivity contribution in [1.29, 1.82) is 0 Å². The molecule has 108 valence electrons. The van der Waals surface area contributed by atoms with Crippen LogP contribution in [0.5, 0.6) is 5.75 Å². The average molecular weight is 277 g/mol. The van der Waals surface area contributed by atoms with Gasteiger partial charge in [-0.1, -0.05) is 24.2 Å². The van der Waals surface area contributed by atoms with Crippen molar-refractivity contribution >= 4 is 11.4 Å². The molecule has 6 heteroatoms. The second-order valence-electron chi connectivity index (χ2n) is 5.29. The molecular formula is C14H19N3O3. The van der Waals surface area contributed by atoms with E-state index in [0.29, 0.717) is 12.0 Å². The Balaban J connectivity index is 2.15. The number of likely N-dealkylation sites (tertiary alicyclic amines) is 1. The maximum Gasteiger partial charge on any atom is 0.314 e. The molecule has 0 unspecified atom stereocenters. The largest absolute Gasteiger partial charge is 0.350 e. The number of oxime groups is 1. The van der Waals surface area contributed by atoms with Gasteiger partial charge in [0.25, 0.3) is 0 Å². The molecule has 2 atom stereocenters. The first-order chi connectivity index (χ1) is 9.49. The molecule has 20 heavy (non-hydrogen) atoms. The average Bonchev–Trinajstić information content (AvgIpc) is 2.41. The Hall–Kier alpha value is -1.95. The lowest BCUT2D eigenvalue weighted by Crippen LogP contribution is -2.43. The zero-order valence-electron chi connectivity index (χ0n) is 11.9. The first-order valence-electron chi connectivity index (χ1n) is 6.66. The van der Waals surface area contributed by atoms with Gasteiger partial charge < -0.3 is 9.74 Å². The summed E-state index contributed by atoms with van der Waals surface area (Å²) in [5, 5.41) is 15.1. The van der Waals surface area contributed by atoms with Crippen molar-refractivity contribution in [3.63, 3.8) is 0 Å². The molecule has 1 fully saturated rings. The summed E-state index contributed by atoms with van der Waals surface area (Å²) < 4.78 is 0. The number of nitro groups is 1. The summed E-state index contributed by atoms with van der Waals surface area (Å²) >= 11 is 0. The van der Waals surface area contributed by atoms with Crippen LogP contribution in [0.25, 0.3) is 0 Å². The Kier molecular flexibility index (Phi) is 4.34. The van der Waals surface area contributed by atoms with E-state index in [9.17, 15) is 10.1 Å². The van der Waals surface area contributed by atoms with Crippen molar-refractivity contribution in [2.75, 3.05) is 13.6 Å². The Morgan fingerprint density at radius 2 is 2.10 bits per heavy atom. The van der Waals surface area contributed by atoms with Crippen LogP contribution in [0.1, 0.15) is 20.3 Å². The summed E-state index contributed by atoms with van der Waals surface area (Å²) in [7, 11) is 2.08. The summed E-state index contributed by atoms with van der Waals surface area (Å²) in [6.07, 6.45) is 0.818. The maximum absolute atomic E-state index is 10.9. The van der Waals surface area contributed by atoms with Crippen molar-refractivity contribution in [2.24, 2.45) is 11.1 Å². The molecular weight excluding hydrogens is 258 g/mol. The van der Waals surface area contributed by atoms with Crippen LogP contribution < -0.4 is 4.84 Å². The van der Waals surface area contributed by atoms with E-state index < -0.39 is 4.92 Å². The van der Waals surface area contributed by atoms with Crippen molar-refractivity contribution in [2.45, 2.75) is 26.3 Å². The van der Waals surface area contributed by atoms with Gasteiger partial charge in [-0.15, -0.1) is 0 Å². The van der Waals surface area contributed by atoms with Crippen LogP contribution >= 0.6 is 0 Å². The quantitative estimate of drug-likeness (QED) is 0.629. The molecule has 0 aliphatic carbocycles. The molecule has 1 aromatic rings. The summed E-state index contributed by atoms with van der Waals surface area (Å²) in [4.78, 5) is 18.0. The van der Waals surface area contributed by atoms with Gasteiger partial charge in [0.2, 0.25) is 5.75 Å². The third-order valence-corrected chi connectivity index (χ3v) is 3.71. The minimum absolute atomic E-state index is 0.0644. The smallest absolute Gasteiger partial charge is 0.314 e. The highest BCUT2D eigenvalue weighted by Crippen LogP contribution is 2.27. The molecule has 1 saturated heterocycles. The van der Waals surface area contributed by atoms with E-state index in [4.69, 9.17) is 4.84 Å². The molecule has 1 aromatic carbocycles. The van der Waals surface area contributed by atoms with Gasteiger partial charge in [-0.05, 0) is 20.0 Å². The number of benzene rings is 1. The third-order valence-electron chi connectivity index (χ3n) is 3.71. The zero-order chi connectivity index (χ0) is 14.7. The Morgan fingerprint density at radius 1 is 1.40 bits per heavy atom. The number of para-hydroxylation sites is 2. The van der Waals surface area contributed by atoms with Gasteiger partial charge in [-0.2, -0.15) is 0 Å². The van der Waals surface area contributed by atoms with Gasteiger partial charge >= 0.3 is 5.69 Å². The molecule has 0 N–H and O–H groups in total. The van der Waals surface area contributed by atoms with Crippen molar-refractivity contribution < 1.29 is 9.76 Å². The number of nitro benzene ring substituents is 1. The third kappa shape index (κ3) is 3.14. The monoisotopic (exact) mass is 277 g/mol. The normalized spacial score (nSPS) is 25.6. The SMILES string of the molecule is C[C@@H]1C/C(=N/Oc2ccccc2[N+](=O)[O-])[C@@H](C)CN1C. The Labute approximate surface area is 118 Å².